The number of nitrogens with two attached hydrogens (primary N) is 1. The molecule has 1 aromatic carbocycles. The van der Waals surface area contributed by atoms with Gasteiger partial charge in [-0.2, -0.15) is 0 Å². The van der Waals surface area contributed by atoms with Gasteiger partial charge >= 0.3 is 0 Å². The number of guanidine groups is 1. The van der Waals surface area contributed by atoms with Gasteiger partial charge in [0.05, 0.1) is 19.8 Å². The first-order valence-electron chi connectivity index (χ1n) is 6.76. The topological polar surface area (TPSA) is 68.9 Å². The zero-order valence-corrected chi connectivity index (χ0v) is 10.9. The average molecular weight is 261 g/mol. The first kappa shape index (κ1) is 12.1. The van der Waals surface area contributed by atoms with E-state index in [0.29, 0.717) is 31.8 Å². The van der Waals surface area contributed by atoms with E-state index in [1.165, 1.54) is 12.8 Å². The minimum absolute atomic E-state index is 0.523. The number of hydrogen-bond donors (Lipinski definition) is 2. The van der Waals surface area contributed by atoms with E-state index in [4.69, 9.17) is 15.2 Å². The van der Waals surface area contributed by atoms with Crippen molar-refractivity contribution in [1.82, 2.24) is 5.32 Å². The van der Waals surface area contributed by atoms with Gasteiger partial charge in [0, 0.05) is 12.5 Å². The molecule has 0 bridgehead atoms. The number of ether oxygens (including phenoxy) is 2. The zero-order valence-electron chi connectivity index (χ0n) is 10.9. The number of aliphatic imine (C=N–C) groups is 1. The Bertz CT molecular complexity index is 484. The predicted molar refractivity (Wildman–Crippen MR) is 73.5 cm³/mol. The highest BCUT2D eigenvalue weighted by Gasteiger charge is 2.21. The van der Waals surface area contributed by atoms with Crippen LogP contribution in [0.15, 0.2) is 23.2 Å². The van der Waals surface area contributed by atoms with Gasteiger partial charge in [-0.1, -0.05) is 6.07 Å². The van der Waals surface area contributed by atoms with Crippen molar-refractivity contribution in [2.24, 2.45) is 10.7 Å². The zero-order chi connectivity index (χ0) is 13.1. The molecular formula is C14H19N3O2. The van der Waals surface area contributed by atoms with E-state index < -0.39 is 0 Å². The number of nitrogens with one attached hydrogen (secondary N) is 1. The van der Waals surface area contributed by atoms with E-state index in [2.05, 4.69) is 10.3 Å². The summed E-state index contributed by atoms with van der Waals surface area (Å²) >= 11 is 0. The van der Waals surface area contributed by atoms with Crippen LogP contribution in [0.4, 0.5) is 0 Å². The third kappa shape index (κ3) is 3.30. The van der Waals surface area contributed by atoms with E-state index in [9.17, 15) is 0 Å². The molecule has 1 aliphatic carbocycles. The SMILES string of the molecule is NC(=NCc1ccc2c(c1)OCCCO2)NC1CC1. The van der Waals surface area contributed by atoms with Gasteiger partial charge in [0.2, 0.25) is 0 Å². The van der Waals surface area contributed by atoms with Crippen molar-refractivity contribution in [2.45, 2.75) is 31.8 Å². The summed E-state index contributed by atoms with van der Waals surface area (Å²) in [4.78, 5) is 4.33. The summed E-state index contributed by atoms with van der Waals surface area (Å²) in [6.45, 7) is 1.97. The summed E-state index contributed by atoms with van der Waals surface area (Å²) in [6.07, 6.45) is 3.31. The lowest BCUT2D eigenvalue weighted by Crippen LogP contribution is -2.33. The Labute approximate surface area is 112 Å². The number of fused-ring (bicyclic) bond motifs is 1. The highest BCUT2D eigenvalue weighted by Crippen LogP contribution is 2.30. The molecule has 0 atom stereocenters. The Kier molecular flexibility index (Phi) is 3.44. The Hall–Kier alpha value is -1.91. The molecule has 19 heavy (non-hydrogen) atoms. The third-order valence-corrected chi connectivity index (χ3v) is 3.17. The van der Waals surface area contributed by atoms with Crippen LogP contribution in [-0.2, 0) is 6.54 Å². The maximum atomic E-state index is 5.81. The molecule has 1 aliphatic heterocycles. The summed E-state index contributed by atoms with van der Waals surface area (Å²) in [5, 5.41) is 3.17. The van der Waals surface area contributed by atoms with E-state index >= 15 is 0 Å². The predicted octanol–water partition coefficient (Wildman–Crippen LogP) is 1.41. The van der Waals surface area contributed by atoms with E-state index in [1.807, 2.05) is 18.2 Å². The van der Waals surface area contributed by atoms with Crippen molar-refractivity contribution in [2.75, 3.05) is 13.2 Å². The van der Waals surface area contributed by atoms with E-state index in [1.54, 1.807) is 0 Å². The number of hydrogen-bond acceptors (Lipinski definition) is 3. The lowest BCUT2D eigenvalue weighted by atomic mass is 10.2. The molecule has 0 radical (unpaired) electrons. The van der Waals surface area contributed by atoms with Gasteiger partial charge < -0.3 is 20.5 Å². The van der Waals surface area contributed by atoms with E-state index in [0.717, 1.165) is 23.5 Å². The van der Waals surface area contributed by atoms with Gasteiger partial charge in [-0.15, -0.1) is 0 Å². The van der Waals surface area contributed by atoms with Crippen molar-refractivity contribution in [3.05, 3.63) is 23.8 Å². The molecule has 1 saturated carbocycles. The fourth-order valence-electron chi connectivity index (χ4n) is 1.96. The molecule has 5 heteroatoms. The summed E-state index contributed by atoms with van der Waals surface area (Å²) in [5.74, 6) is 2.14. The van der Waals surface area contributed by atoms with Crippen LogP contribution >= 0.6 is 0 Å². The molecule has 102 valence electrons. The second kappa shape index (κ2) is 5.38. The molecular weight excluding hydrogens is 242 g/mol. The first-order chi connectivity index (χ1) is 9.31. The third-order valence-electron chi connectivity index (χ3n) is 3.17. The van der Waals surface area contributed by atoms with Gasteiger partial charge in [-0.05, 0) is 30.5 Å². The maximum absolute atomic E-state index is 5.81. The van der Waals surface area contributed by atoms with Crippen LogP contribution < -0.4 is 20.5 Å². The van der Waals surface area contributed by atoms with Crippen LogP contribution in [-0.4, -0.2) is 25.2 Å². The van der Waals surface area contributed by atoms with Gasteiger partial charge in [0.15, 0.2) is 17.5 Å². The smallest absolute Gasteiger partial charge is 0.189 e. The van der Waals surface area contributed by atoms with Crippen LogP contribution in [0.3, 0.4) is 0 Å². The van der Waals surface area contributed by atoms with Gasteiger partial charge in [-0.25, -0.2) is 4.99 Å². The van der Waals surface area contributed by atoms with Gasteiger partial charge in [-0.3, -0.25) is 0 Å². The van der Waals surface area contributed by atoms with Crippen molar-refractivity contribution >= 4 is 5.96 Å². The fraction of sp³-hybridized carbons (Fsp3) is 0.500. The Morgan fingerprint density at radius 1 is 1.26 bits per heavy atom. The lowest BCUT2D eigenvalue weighted by molar-refractivity contribution is 0.297. The highest BCUT2D eigenvalue weighted by atomic mass is 16.5. The van der Waals surface area contributed by atoms with Crippen LogP contribution in [0.25, 0.3) is 0 Å². The molecule has 1 fully saturated rings. The summed E-state index contributed by atoms with van der Waals surface area (Å²) in [6, 6.07) is 6.46. The molecule has 5 nitrogen and oxygen atoms in total. The first-order valence-corrected chi connectivity index (χ1v) is 6.76. The quantitative estimate of drug-likeness (QED) is 0.637. The van der Waals surface area contributed by atoms with Crippen molar-refractivity contribution in [3.8, 4) is 11.5 Å². The van der Waals surface area contributed by atoms with Gasteiger partial charge in [0.25, 0.3) is 0 Å². The minimum Gasteiger partial charge on any atom is -0.490 e. The van der Waals surface area contributed by atoms with Gasteiger partial charge in [0.1, 0.15) is 0 Å². The number of nitrogens with zero attached hydrogens (tertiary/aromatic N) is 1. The molecule has 0 unspecified atom stereocenters. The maximum Gasteiger partial charge on any atom is 0.189 e. The summed E-state index contributed by atoms with van der Waals surface area (Å²) in [5.41, 5.74) is 6.88. The average Bonchev–Trinajstić information content (AvgIpc) is 3.22. The molecule has 0 spiro atoms. The van der Waals surface area contributed by atoms with Crippen LogP contribution in [0.2, 0.25) is 0 Å². The van der Waals surface area contributed by atoms with Crippen LogP contribution in [0.1, 0.15) is 24.8 Å². The second-order valence-corrected chi connectivity index (χ2v) is 4.95. The Balaban J connectivity index is 1.65. The normalized spacial score (nSPS) is 18.8. The molecule has 3 N–H and O–H groups in total. The lowest BCUT2D eigenvalue weighted by Gasteiger charge is -2.08. The molecule has 0 saturated heterocycles. The molecule has 1 aromatic rings. The molecule has 0 amide bonds. The molecule has 0 aromatic heterocycles. The van der Waals surface area contributed by atoms with Crippen LogP contribution in [0.5, 0.6) is 11.5 Å². The molecule has 3 rings (SSSR count). The highest BCUT2D eigenvalue weighted by molar-refractivity contribution is 5.78. The fourth-order valence-corrected chi connectivity index (χ4v) is 1.96. The Morgan fingerprint density at radius 3 is 2.84 bits per heavy atom. The molecule has 2 aliphatic rings. The van der Waals surface area contributed by atoms with Crippen molar-refractivity contribution in [3.63, 3.8) is 0 Å². The monoisotopic (exact) mass is 261 g/mol. The van der Waals surface area contributed by atoms with Crippen molar-refractivity contribution < 1.29 is 9.47 Å². The Morgan fingerprint density at radius 2 is 2.05 bits per heavy atom. The largest absolute Gasteiger partial charge is 0.490 e. The number of rotatable bonds is 3. The van der Waals surface area contributed by atoms with E-state index in [-0.39, 0.29) is 0 Å². The second-order valence-electron chi connectivity index (χ2n) is 4.95. The summed E-state index contributed by atoms with van der Waals surface area (Å²) in [7, 11) is 0. The van der Waals surface area contributed by atoms with Crippen molar-refractivity contribution in [1.29, 1.82) is 0 Å². The number of benzene rings is 1. The molecule has 1 heterocycles. The van der Waals surface area contributed by atoms with Crippen LogP contribution in [0, 0.1) is 0 Å². The minimum atomic E-state index is 0.523. The summed E-state index contributed by atoms with van der Waals surface area (Å²) < 4.78 is 11.2. The standard InChI is InChI=1S/C14H19N3O2/c15-14(17-11-3-4-11)16-9-10-2-5-12-13(8-10)19-7-1-6-18-12/h2,5,8,11H,1,3-4,6-7,9H2,(H3,15,16,17).